The van der Waals surface area contributed by atoms with Crippen LogP contribution in [0.3, 0.4) is 0 Å². The van der Waals surface area contributed by atoms with Gasteiger partial charge in [0.1, 0.15) is 5.01 Å². The van der Waals surface area contributed by atoms with Gasteiger partial charge >= 0.3 is 0 Å². The molecule has 0 saturated carbocycles. The zero-order valence-electron chi connectivity index (χ0n) is 18.0. The van der Waals surface area contributed by atoms with Crippen molar-refractivity contribution in [1.82, 2.24) is 4.98 Å². The molecule has 0 atom stereocenters. The van der Waals surface area contributed by atoms with Crippen LogP contribution in [0, 0.1) is 0 Å². The lowest BCUT2D eigenvalue weighted by Gasteiger charge is -2.20. The molecule has 0 saturated heterocycles. The summed E-state index contributed by atoms with van der Waals surface area (Å²) in [6.45, 7) is 3.32. The highest BCUT2D eigenvalue weighted by molar-refractivity contribution is 7.13. The number of anilines is 2. The quantitative estimate of drug-likeness (QED) is 0.248. The summed E-state index contributed by atoms with van der Waals surface area (Å²) in [4.78, 5) is 7.17. The minimum Gasteiger partial charge on any atom is -0.398 e. The molecular weight excluding hydrogens is 410 g/mol. The number of unbranched alkanes of at least 4 members (excludes halogenated alkanes) is 5. The maximum absolute atomic E-state index is 6.30. The molecule has 5 heteroatoms. The Morgan fingerprint density at radius 3 is 2.50 bits per heavy atom. The molecule has 3 nitrogen and oxygen atoms in total. The van der Waals surface area contributed by atoms with Crippen LogP contribution >= 0.6 is 22.9 Å². The molecule has 160 valence electrons. The van der Waals surface area contributed by atoms with Gasteiger partial charge in [0, 0.05) is 47.4 Å². The van der Waals surface area contributed by atoms with Gasteiger partial charge in [0.05, 0.1) is 5.69 Å². The van der Waals surface area contributed by atoms with Crippen molar-refractivity contribution in [3.63, 3.8) is 0 Å². The second kappa shape index (κ2) is 11.4. The Bertz CT molecular complexity index is 920. The first-order valence-electron chi connectivity index (χ1n) is 10.9. The second-order valence-electron chi connectivity index (χ2n) is 7.91. The lowest BCUT2D eigenvalue weighted by atomic mass is 10.1. The van der Waals surface area contributed by atoms with E-state index < -0.39 is 0 Å². The van der Waals surface area contributed by atoms with Gasteiger partial charge in [0.25, 0.3) is 0 Å². The van der Waals surface area contributed by atoms with E-state index in [0.29, 0.717) is 0 Å². The van der Waals surface area contributed by atoms with Gasteiger partial charge in [-0.3, -0.25) is 0 Å². The van der Waals surface area contributed by atoms with Gasteiger partial charge in [-0.1, -0.05) is 62.8 Å². The largest absolute Gasteiger partial charge is 0.398 e. The van der Waals surface area contributed by atoms with E-state index in [1.54, 1.807) is 11.3 Å². The van der Waals surface area contributed by atoms with Crippen molar-refractivity contribution in [2.45, 2.75) is 51.9 Å². The Labute approximate surface area is 189 Å². The number of nitrogens with two attached hydrogens (primary N) is 1. The average Bonchev–Trinajstić information content (AvgIpc) is 3.20. The van der Waals surface area contributed by atoms with E-state index in [1.807, 2.05) is 30.3 Å². The number of hydrogen-bond donors (Lipinski definition) is 1. The van der Waals surface area contributed by atoms with E-state index in [9.17, 15) is 0 Å². The molecule has 3 aromatic rings. The van der Waals surface area contributed by atoms with Crippen LogP contribution in [0.5, 0.6) is 0 Å². The van der Waals surface area contributed by atoms with Gasteiger partial charge in [-0.2, -0.15) is 0 Å². The van der Waals surface area contributed by atoms with Crippen molar-refractivity contribution in [3.8, 4) is 10.6 Å². The predicted octanol–water partition coefficient (Wildman–Crippen LogP) is 7.43. The van der Waals surface area contributed by atoms with Gasteiger partial charge in [-0.25, -0.2) is 4.98 Å². The summed E-state index contributed by atoms with van der Waals surface area (Å²) in [5.41, 5.74) is 11.6. The van der Waals surface area contributed by atoms with Crippen molar-refractivity contribution >= 4 is 34.3 Å². The molecule has 3 rings (SSSR count). The molecule has 2 N–H and O–H groups in total. The molecule has 0 fully saturated rings. The molecule has 0 unspecified atom stereocenters. The molecule has 0 bridgehead atoms. The summed E-state index contributed by atoms with van der Waals surface area (Å²) in [7, 11) is 2.16. The van der Waals surface area contributed by atoms with Crippen molar-refractivity contribution in [2.24, 2.45) is 0 Å². The lowest BCUT2D eigenvalue weighted by molar-refractivity contribution is 0.606. The molecule has 0 aliphatic heterocycles. The predicted molar refractivity (Wildman–Crippen MR) is 133 cm³/mol. The minimum atomic E-state index is 0.757. The second-order valence-corrected chi connectivity index (χ2v) is 9.20. The molecule has 30 heavy (non-hydrogen) atoms. The standard InChI is InChI=1S/C25H32ClN3S/c1-3-4-5-6-7-8-15-29(2)22-13-14-24(27)23(17-22)25-28-21(18-30-25)16-19-9-11-20(26)12-10-19/h9-14,17-18H,3-8,15-16,27H2,1-2H3. The van der Waals surface area contributed by atoms with Gasteiger partial charge in [-0.05, 0) is 42.3 Å². The first kappa shape index (κ1) is 22.6. The minimum absolute atomic E-state index is 0.757. The summed E-state index contributed by atoms with van der Waals surface area (Å²) in [5, 5.41) is 3.86. The normalized spacial score (nSPS) is 11.0. The van der Waals surface area contributed by atoms with Crippen molar-refractivity contribution in [3.05, 3.63) is 64.1 Å². The molecular formula is C25H32ClN3S. The van der Waals surface area contributed by atoms with Crippen molar-refractivity contribution in [2.75, 3.05) is 24.2 Å². The third-order valence-corrected chi connectivity index (χ3v) is 6.58. The van der Waals surface area contributed by atoms with E-state index in [2.05, 4.69) is 36.4 Å². The van der Waals surface area contributed by atoms with Crippen LogP contribution in [0.2, 0.25) is 5.02 Å². The number of thiazole rings is 1. The van der Waals surface area contributed by atoms with E-state index in [4.69, 9.17) is 22.3 Å². The smallest absolute Gasteiger partial charge is 0.125 e. The van der Waals surface area contributed by atoms with E-state index in [-0.39, 0.29) is 0 Å². The molecule has 0 aliphatic carbocycles. The van der Waals surface area contributed by atoms with Crippen LogP contribution in [-0.2, 0) is 6.42 Å². The van der Waals surface area contributed by atoms with Crippen LogP contribution in [0.25, 0.3) is 10.6 Å². The highest BCUT2D eigenvalue weighted by Gasteiger charge is 2.11. The molecule has 1 heterocycles. The number of benzene rings is 2. The maximum atomic E-state index is 6.30. The Hall–Kier alpha value is -2.04. The van der Waals surface area contributed by atoms with Crippen LogP contribution < -0.4 is 10.6 Å². The maximum Gasteiger partial charge on any atom is 0.125 e. The fourth-order valence-corrected chi connectivity index (χ4v) is 4.53. The summed E-state index contributed by atoms with van der Waals surface area (Å²) in [5.74, 6) is 0. The summed E-state index contributed by atoms with van der Waals surface area (Å²) in [6, 6.07) is 14.2. The molecule has 1 aromatic heterocycles. The van der Waals surface area contributed by atoms with Crippen LogP contribution in [0.4, 0.5) is 11.4 Å². The molecule has 0 aliphatic rings. The first-order chi connectivity index (χ1) is 14.6. The van der Waals surface area contributed by atoms with Crippen molar-refractivity contribution in [1.29, 1.82) is 0 Å². The van der Waals surface area contributed by atoms with E-state index in [1.165, 1.54) is 49.8 Å². The Morgan fingerprint density at radius 1 is 1.00 bits per heavy atom. The SMILES string of the molecule is CCCCCCCCN(C)c1ccc(N)c(-c2nc(Cc3ccc(Cl)cc3)cs2)c1. The number of nitrogens with zero attached hydrogens (tertiary/aromatic N) is 2. The zero-order chi connectivity index (χ0) is 21.3. The molecule has 0 radical (unpaired) electrons. The van der Waals surface area contributed by atoms with Gasteiger partial charge in [0.15, 0.2) is 0 Å². The van der Waals surface area contributed by atoms with E-state index in [0.717, 1.165) is 39.9 Å². The Balaban J connectivity index is 1.63. The molecule has 0 spiro atoms. The van der Waals surface area contributed by atoms with Gasteiger partial charge in [0.2, 0.25) is 0 Å². The molecule has 2 aromatic carbocycles. The Kier molecular flexibility index (Phi) is 8.59. The third-order valence-electron chi connectivity index (χ3n) is 5.41. The van der Waals surface area contributed by atoms with Crippen molar-refractivity contribution < 1.29 is 0 Å². The number of halogens is 1. The highest BCUT2D eigenvalue weighted by atomic mass is 35.5. The monoisotopic (exact) mass is 441 g/mol. The van der Waals surface area contributed by atoms with Crippen LogP contribution in [0.1, 0.15) is 56.7 Å². The molecule has 0 amide bonds. The lowest BCUT2D eigenvalue weighted by Crippen LogP contribution is -2.18. The fraction of sp³-hybridized carbons (Fsp3) is 0.400. The number of hydrogen-bond acceptors (Lipinski definition) is 4. The summed E-state index contributed by atoms with van der Waals surface area (Å²) >= 11 is 7.64. The van der Waals surface area contributed by atoms with Gasteiger partial charge < -0.3 is 10.6 Å². The zero-order valence-corrected chi connectivity index (χ0v) is 19.6. The number of aromatic nitrogens is 1. The average molecular weight is 442 g/mol. The third kappa shape index (κ3) is 6.48. The first-order valence-corrected chi connectivity index (χ1v) is 12.1. The summed E-state index contributed by atoms with van der Waals surface area (Å²) < 4.78 is 0. The number of rotatable bonds is 11. The fourth-order valence-electron chi connectivity index (χ4n) is 3.55. The van der Waals surface area contributed by atoms with E-state index >= 15 is 0 Å². The Morgan fingerprint density at radius 2 is 1.73 bits per heavy atom. The van der Waals surface area contributed by atoms with Crippen LogP contribution in [-0.4, -0.2) is 18.6 Å². The number of nitrogen functional groups attached to an aromatic ring is 1. The van der Waals surface area contributed by atoms with Gasteiger partial charge in [-0.15, -0.1) is 11.3 Å². The topological polar surface area (TPSA) is 42.1 Å². The highest BCUT2D eigenvalue weighted by Crippen LogP contribution is 2.33. The summed E-state index contributed by atoms with van der Waals surface area (Å²) in [6.07, 6.45) is 8.66. The van der Waals surface area contributed by atoms with Crippen LogP contribution in [0.15, 0.2) is 47.8 Å².